The summed E-state index contributed by atoms with van der Waals surface area (Å²) >= 11 is 6.32. The molecular weight excluding hydrogens is 338 g/mol. The highest BCUT2D eigenvalue weighted by Gasteiger charge is 2.18. The maximum atomic E-state index is 6.32. The first-order valence-corrected chi connectivity index (χ1v) is 7.95. The number of halogens is 1. The van der Waals surface area contributed by atoms with Gasteiger partial charge in [0.25, 0.3) is 0 Å². The molecule has 4 rings (SSSR count). The highest BCUT2D eigenvalue weighted by molar-refractivity contribution is 6.32. The molecule has 124 valence electrons. The summed E-state index contributed by atoms with van der Waals surface area (Å²) in [4.78, 5) is 8.93. The molecule has 0 spiro atoms. The molecular formula is C18H14ClN5O. The first-order chi connectivity index (χ1) is 12.2. The molecule has 4 aromatic rings. The van der Waals surface area contributed by atoms with Crippen LogP contribution in [-0.2, 0) is 0 Å². The van der Waals surface area contributed by atoms with Crippen molar-refractivity contribution in [2.45, 2.75) is 0 Å². The molecule has 0 atom stereocenters. The van der Waals surface area contributed by atoms with Crippen LogP contribution in [0.3, 0.4) is 0 Å². The molecule has 25 heavy (non-hydrogen) atoms. The van der Waals surface area contributed by atoms with Gasteiger partial charge in [0.1, 0.15) is 12.1 Å². The third-order valence-electron chi connectivity index (χ3n) is 3.94. The van der Waals surface area contributed by atoms with Gasteiger partial charge in [-0.3, -0.25) is 0 Å². The summed E-state index contributed by atoms with van der Waals surface area (Å²) < 4.78 is 6.76. The highest BCUT2D eigenvalue weighted by atomic mass is 35.5. The number of nitrogen functional groups attached to an aromatic ring is 1. The van der Waals surface area contributed by atoms with Gasteiger partial charge in [0.2, 0.25) is 5.95 Å². The molecule has 0 saturated heterocycles. The third kappa shape index (κ3) is 2.56. The van der Waals surface area contributed by atoms with Gasteiger partial charge in [0.05, 0.1) is 23.4 Å². The normalized spacial score (nSPS) is 11.0. The second-order valence-electron chi connectivity index (χ2n) is 5.40. The van der Waals surface area contributed by atoms with Crippen LogP contribution in [0.4, 0.5) is 5.95 Å². The lowest BCUT2D eigenvalue weighted by Gasteiger charge is -2.13. The van der Waals surface area contributed by atoms with Crippen LogP contribution in [0.25, 0.3) is 28.0 Å². The van der Waals surface area contributed by atoms with E-state index < -0.39 is 0 Å². The van der Waals surface area contributed by atoms with Gasteiger partial charge in [-0.25, -0.2) is 9.97 Å². The maximum absolute atomic E-state index is 6.32. The van der Waals surface area contributed by atoms with Gasteiger partial charge in [0.15, 0.2) is 5.65 Å². The number of hydrogen-bond acceptors (Lipinski definition) is 5. The summed E-state index contributed by atoms with van der Waals surface area (Å²) in [5, 5.41) is 4.66. The Kier molecular flexibility index (Phi) is 3.74. The fourth-order valence-electron chi connectivity index (χ4n) is 2.80. The van der Waals surface area contributed by atoms with Crippen molar-refractivity contribution >= 4 is 23.2 Å². The molecule has 2 N–H and O–H groups in total. The summed E-state index contributed by atoms with van der Waals surface area (Å²) in [6.45, 7) is 0. The Morgan fingerprint density at radius 1 is 1.08 bits per heavy atom. The molecule has 2 heterocycles. The summed E-state index contributed by atoms with van der Waals surface area (Å²) in [5.74, 6) is 0.877. The number of ether oxygens (including phenoxy) is 1. The molecule has 7 heteroatoms. The highest BCUT2D eigenvalue weighted by Crippen LogP contribution is 2.37. The van der Waals surface area contributed by atoms with E-state index in [1.54, 1.807) is 7.11 Å². The largest absolute Gasteiger partial charge is 0.495 e. The molecule has 0 unspecified atom stereocenters. The van der Waals surface area contributed by atoms with Gasteiger partial charge in [-0.2, -0.15) is 9.61 Å². The number of hydrogen-bond donors (Lipinski definition) is 1. The Morgan fingerprint density at radius 2 is 1.88 bits per heavy atom. The molecule has 0 bridgehead atoms. The Bertz CT molecular complexity index is 1060. The number of anilines is 1. The summed E-state index contributed by atoms with van der Waals surface area (Å²) in [6, 6.07) is 15.4. The fraction of sp³-hybridized carbons (Fsp3) is 0.0556. The van der Waals surface area contributed by atoms with Gasteiger partial charge in [-0.1, -0.05) is 48.0 Å². The number of methoxy groups -OCH3 is 1. The van der Waals surface area contributed by atoms with Crippen LogP contribution in [0.5, 0.6) is 5.75 Å². The lowest BCUT2D eigenvalue weighted by molar-refractivity contribution is 0.415. The van der Waals surface area contributed by atoms with Crippen molar-refractivity contribution < 1.29 is 4.74 Å². The zero-order chi connectivity index (χ0) is 17.4. The third-order valence-corrected chi connectivity index (χ3v) is 4.23. The second-order valence-corrected chi connectivity index (χ2v) is 5.81. The van der Waals surface area contributed by atoms with Crippen molar-refractivity contribution in [3.63, 3.8) is 0 Å². The van der Waals surface area contributed by atoms with Crippen molar-refractivity contribution in [3.8, 4) is 28.1 Å². The Balaban J connectivity index is 2.06. The van der Waals surface area contributed by atoms with Gasteiger partial charge in [0, 0.05) is 5.56 Å². The molecule has 2 aromatic heterocycles. The second kappa shape index (κ2) is 6.07. The molecule has 0 saturated carbocycles. The number of aromatic nitrogens is 4. The van der Waals surface area contributed by atoms with E-state index in [4.69, 9.17) is 22.1 Å². The van der Waals surface area contributed by atoms with E-state index in [0.717, 1.165) is 22.4 Å². The Hall–Kier alpha value is -3.12. The molecule has 0 aliphatic heterocycles. The standard InChI is InChI=1S/C18H14ClN5O/c1-25-14-8-7-12(9-13(14)19)15-16(11-5-3-2-4-6-11)23-18(20)24-17(15)21-10-22-24/h2-10H,1H3,(H2,20,23). The lowest BCUT2D eigenvalue weighted by Crippen LogP contribution is -2.05. The van der Waals surface area contributed by atoms with Crippen LogP contribution < -0.4 is 10.5 Å². The van der Waals surface area contributed by atoms with E-state index in [9.17, 15) is 0 Å². The van der Waals surface area contributed by atoms with Crippen molar-refractivity contribution in [2.75, 3.05) is 12.8 Å². The van der Waals surface area contributed by atoms with Crippen molar-refractivity contribution in [1.82, 2.24) is 19.6 Å². The molecule has 2 aromatic carbocycles. The molecule has 0 amide bonds. The molecule has 0 radical (unpaired) electrons. The summed E-state index contributed by atoms with van der Waals surface area (Å²) in [5.41, 5.74) is 10.0. The number of nitrogens with two attached hydrogens (primary N) is 1. The fourth-order valence-corrected chi connectivity index (χ4v) is 3.05. The Morgan fingerprint density at radius 3 is 2.60 bits per heavy atom. The van der Waals surface area contributed by atoms with Gasteiger partial charge >= 0.3 is 0 Å². The quantitative estimate of drug-likeness (QED) is 0.608. The molecule has 0 fully saturated rings. The minimum absolute atomic E-state index is 0.273. The van der Waals surface area contributed by atoms with Crippen LogP contribution in [-0.4, -0.2) is 26.7 Å². The van der Waals surface area contributed by atoms with E-state index in [1.807, 2.05) is 48.5 Å². The summed E-state index contributed by atoms with van der Waals surface area (Å²) in [7, 11) is 1.58. The van der Waals surface area contributed by atoms with Crippen molar-refractivity contribution in [2.24, 2.45) is 0 Å². The number of rotatable bonds is 3. The molecule has 6 nitrogen and oxygen atoms in total. The average Bonchev–Trinajstić information content (AvgIpc) is 3.12. The van der Waals surface area contributed by atoms with Crippen LogP contribution in [0.2, 0.25) is 5.02 Å². The van der Waals surface area contributed by atoms with E-state index in [0.29, 0.717) is 16.4 Å². The minimum Gasteiger partial charge on any atom is -0.495 e. The number of benzene rings is 2. The van der Waals surface area contributed by atoms with E-state index in [2.05, 4.69) is 15.1 Å². The van der Waals surface area contributed by atoms with Gasteiger partial charge < -0.3 is 10.5 Å². The molecule has 0 aliphatic rings. The smallest absolute Gasteiger partial charge is 0.223 e. The zero-order valence-corrected chi connectivity index (χ0v) is 14.1. The maximum Gasteiger partial charge on any atom is 0.223 e. The minimum atomic E-state index is 0.273. The van der Waals surface area contributed by atoms with Crippen molar-refractivity contribution in [3.05, 3.63) is 59.9 Å². The van der Waals surface area contributed by atoms with Crippen LogP contribution >= 0.6 is 11.6 Å². The van der Waals surface area contributed by atoms with Gasteiger partial charge in [-0.05, 0) is 17.7 Å². The average molecular weight is 352 g/mol. The first kappa shape index (κ1) is 15.4. The lowest BCUT2D eigenvalue weighted by atomic mass is 10.00. The zero-order valence-electron chi connectivity index (χ0n) is 13.3. The SMILES string of the molecule is COc1ccc(-c2c(-c3ccccc3)nc(N)n3ncnc23)cc1Cl. The summed E-state index contributed by atoms with van der Waals surface area (Å²) in [6.07, 6.45) is 1.46. The Labute approximate surface area is 148 Å². The monoisotopic (exact) mass is 351 g/mol. The van der Waals surface area contributed by atoms with Gasteiger partial charge in [-0.15, -0.1) is 0 Å². The van der Waals surface area contributed by atoms with Crippen molar-refractivity contribution in [1.29, 1.82) is 0 Å². The van der Waals surface area contributed by atoms with Crippen LogP contribution in [0.15, 0.2) is 54.9 Å². The van der Waals surface area contributed by atoms with Crippen LogP contribution in [0, 0.1) is 0 Å². The molecule has 0 aliphatic carbocycles. The van der Waals surface area contributed by atoms with E-state index in [-0.39, 0.29) is 5.95 Å². The predicted octanol–water partition coefficient (Wildman–Crippen LogP) is 3.70. The number of fused-ring (bicyclic) bond motifs is 1. The van der Waals surface area contributed by atoms with E-state index in [1.165, 1.54) is 10.8 Å². The topological polar surface area (TPSA) is 78.3 Å². The van der Waals surface area contributed by atoms with E-state index >= 15 is 0 Å². The first-order valence-electron chi connectivity index (χ1n) is 7.57. The van der Waals surface area contributed by atoms with Crippen LogP contribution in [0.1, 0.15) is 0 Å². The predicted molar refractivity (Wildman–Crippen MR) is 97.6 cm³/mol. The number of nitrogens with zero attached hydrogens (tertiary/aromatic N) is 4.